The molecule has 1 saturated heterocycles. The van der Waals surface area contributed by atoms with Crippen LogP contribution in [-0.4, -0.2) is 49.7 Å². The molecule has 7 heteroatoms. The zero-order valence-corrected chi connectivity index (χ0v) is 10.2. The van der Waals surface area contributed by atoms with E-state index in [2.05, 4.69) is 5.32 Å². The van der Waals surface area contributed by atoms with Crippen LogP contribution in [0.3, 0.4) is 0 Å². The Labute approximate surface area is 102 Å². The number of rotatable bonds is 4. The Hall–Kier alpha value is -0.100. The standard InChI is InChI=1S/C8H16FN3O.2ClH/c1-11-3-7-2-6(9)4-12(7)5-8(10)13;;/h6-7,11H,2-5H2,1H3,(H2,10,13);2*1H/t6-,7-;;/m0../s1. The summed E-state index contributed by atoms with van der Waals surface area (Å²) in [7, 11) is 1.81. The van der Waals surface area contributed by atoms with E-state index in [-0.39, 0.29) is 37.4 Å². The quantitative estimate of drug-likeness (QED) is 0.746. The molecule has 0 unspecified atom stereocenters. The van der Waals surface area contributed by atoms with Crippen LogP contribution in [0.5, 0.6) is 0 Å². The Morgan fingerprint density at radius 2 is 2.20 bits per heavy atom. The molecule has 1 fully saturated rings. The van der Waals surface area contributed by atoms with Crippen LogP contribution in [-0.2, 0) is 4.79 Å². The van der Waals surface area contributed by atoms with Crippen molar-refractivity contribution in [3.05, 3.63) is 0 Å². The molecule has 3 N–H and O–H groups in total. The number of carbonyl (C=O) groups is 1. The minimum atomic E-state index is -0.822. The maximum atomic E-state index is 13.0. The van der Waals surface area contributed by atoms with Crippen molar-refractivity contribution in [2.24, 2.45) is 5.73 Å². The summed E-state index contributed by atoms with van der Waals surface area (Å²) in [5.41, 5.74) is 5.05. The number of primary amides is 1. The molecule has 0 aromatic carbocycles. The number of nitrogens with two attached hydrogens (primary N) is 1. The van der Waals surface area contributed by atoms with E-state index >= 15 is 0 Å². The van der Waals surface area contributed by atoms with E-state index in [0.29, 0.717) is 19.5 Å². The van der Waals surface area contributed by atoms with E-state index in [0.717, 1.165) is 0 Å². The highest BCUT2D eigenvalue weighted by Gasteiger charge is 2.31. The Kier molecular flexibility index (Phi) is 9.34. The molecular weight excluding hydrogens is 244 g/mol. The van der Waals surface area contributed by atoms with Crippen LogP contribution < -0.4 is 11.1 Å². The molecule has 2 atom stereocenters. The summed E-state index contributed by atoms with van der Waals surface area (Å²) in [6, 6.07) is 0.104. The highest BCUT2D eigenvalue weighted by Crippen LogP contribution is 2.18. The van der Waals surface area contributed by atoms with Gasteiger partial charge in [0.25, 0.3) is 0 Å². The van der Waals surface area contributed by atoms with Gasteiger partial charge in [0.1, 0.15) is 6.17 Å². The van der Waals surface area contributed by atoms with Crippen molar-refractivity contribution >= 4 is 30.7 Å². The summed E-state index contributed by atoms with van der Waals surface area (Å²) in [6.07, 6.45) is -0.327. The third-order valence-electron chi connectivity index (χ3n) is 2.28. The van der Waals surface area contributed by atoms with Crippen LogP contribution in [0.25, 0.3) is 0 Å². The van der Waals surface area contributed by atoms with Gasteiger partial charge in [0.05, 0.1) is 6.54 Å². The van der Waals surface area contributed by atoms with Gasteiger partial charge < -0.3 is 11.1 Å². The molecule has 1 amide bonds. The smallest absolute Gasteiger partial charge is 0.231 e. The highest BCUT2D eigenvalue weighted by atomic mass is 35.5. The van der Waals surface area contributed by atoms with E-state index in [1.165, 1.54) is 0 Å². The average molecular weight is 262 g/mol. The summed E-state index contributed by atoms with van der Waals surface area (Å²) >= 11 is 0. The molecule has 0 bridgehead atoms. The lowest BCUT2D eigenvalue weighted by Gasteiger charge is -2.21. The van der Waals surface area contributed by atoms with Gasteiger partial charge in [-0.15, -0.1) is 24.8 Å². The number of hydrogen-bond acceptors (Lipinski definition) is 3. The summed E-state index contributed by atoms with van der Waals surface area (Å²) in [5.74, 6) is -0.393. The lowest BCUT2D eigenvalue weighted by molar-refractivity contribution is -0.119. The first-order chi connectivity index (χ1) is 6.13. The zero-order chi connectivity index (χ0) is 9.84. The van der Waals surface area contributed by atoms with Gasteiger partial charge >= 0.3 is 0 Å². The summed E-state index contributed by atoms with van der Waals surface area (Å²) in [4.78, 5) is 12.4. The first kappa shape index (κ1) is 17.3. The maximum Gasteiger partial charge on any atom is 0.231 e. The first-order valence-electron chi connectivity index (χ1n) is 4.44. The number of nitrogens with zero attached hydrogens (tertiary/aromatic N) is 1. The van der Waals surface area contributed by atoms with Gasteiger partial charge in [-0.3, -0.25) is 9.69 Å². The minimum Gasteiger partial charge on any atom is -0.369 e. The van der Waals surface area contributed by atoms with Crippen molar-refractivity contribution in [1.82, 2.24) is 10.2 Å². The second kappa shape index (κ2) is 8.10. The number of amides is 1. The summed E-state index contributed by atoms with van der Waals surface area (Å²) < 4.78 is 13.0. The fourth-order valence-corrected chi connectivity index (χ4v) is 1.76. The van der Waals surface area contributed by atoms with Crippen molar-refractivity contribution in [3.8, 4) is 0 Å². The largest absolute Gasteiger partial charge is 0.369 e. The van der Waals surface area contributed by atoms with E-state index < -0.39 is 12.1 Å². The van der Waals surface area contributed by atoms with E-state index in [9.17, 15) is 9.18 Å². The molecule has 92 valence electrons. The number of nitrogens with one attached hydrogen (secondary N) is 1. The number of likely N-dealkylation sites (N-methyl/N-ethyl adjacent to an activating group) is 1. The molecule has 0 aromatic heterocycles. The number of halogens is 3. The van der Waals surface area contributed by atoms with Gasteiger partial charge in [-0.25, -0.2) is 4.39 Å². The molecule has 0 aliphatic carbocycles. The van der Waals surface area contributed by atoms with Crippen molar-refractivity contribution in [3.63, 3.8) is 0 Å². The summed E-state index contributed by atoms with van der Waals surface area (Å²) in [6.45, 7) is 1.19. The predicted octanol–water partition coefficient (Wildman–Crippen LogP) is -0.0529. The lowest BCUT2D eigenvalue weighted by atomic mass is 10.2. The van der Waals surface area contributed by atoms with Crippen LogP contribution in [0.2, 0.25) is 0 Å². The van der Waals surface area contributed by atoms with Crippen LogP contribution in [0.4, 0.5) is 4.39 Å². The fraction of sp³-hybridized carbons (Fsp3) is 0.875. The van der Waals surface area contributed by atoms with Gasteiger partial charge in [-0.2, -0.15) is 0 Å². The van der Waals surface area contributed by atoms with Crippen LogP contribution in [0, 0.1) is 0 Å². The maximum absolute atomic E-state index is 13.0. The van der Waals surface area contributed by atoms with Gasteiger partial charge in [0.2, 0.25) is 5.91 Å². The average Bonchev–Trinajstić information content (AvgIpc) is 2.31. The molecule has 0 spiro atoms. The first-order valence-corrected chi connectivity index (χ1v) is 4.44. The molecule has 1 aliphatic rings. The van der Waals surface area contributed by atoms with E-state index in [1.807, 2.05) is 7.05 Å². The summed E-state index contributed by atoms with van der Waals surface area (Å²) in [5, 5.41) is 2.97. The molecule has 0 aromatic rings. The Bertz CT molecular complexity index is 197. The molecular formula is C8H18Cl2FN3O. The normalized spacial score (nSPS) is 25.5. The number of alkyl halides is 1. The third kappa shape index (κ3) is 5.51. The molecule has 1 rings (SSSR count). The SMILES string of the molecule is CNC[C@@H]1C[C@H](F)CN1CC(N)=O.Cl.Cl. The molecule has 1 aliphatic heterocycles. The molecule has 0 radical (unpaired) electrons. The van der Waals surface area contributed by atoms with Gasteiger partial charge in [-0.1, -0.05) is 0 Å². The second-order valence-electron chi connectivity index (χ2n) is 3.44. The fourth-order valence-electron chi connectivity index (χ4n) is 1.76. The predicted molar refractivity (Wildman–Crippen MR) is 62.5 cm³/mol. The Morgan fingerprint density at radius 3 is 2.67 bits per heavy atom. The van der Waals surface area contributed by atoms with Crippen molar-refractivity contribution in [1.29, 1.82) is 0 Å². The van der Waals surface area contributed by atoms with Gasteiger partial charge in [-0.05, 0) is 13.5 Å². The van der Waals surface area contributed by atoms with Crippen LogP contribution in [0.1, 0.15) is 6.42 Å². The third-order valence-corrected chi connectivity index (χ3v) is 2.28. The van der Waals surface area contributed by atoms with Crippen LogP contribution >= 0.6 is 24.8 Å². The van der Waals surface area contributed by atoms with Gasteiger partial charge in [0, 0.05) is 19.1 Å². The lowest BCUT2D eigenvalue weighted by Crippen LogP contribution is -2.41. The van der Waals surface area contributed by atoms with E-state index in [4.69, 9.17) is 5.73 Å². The van der Waals surface area contributed by atoms with Crippen molar-refractivity contribution in [2.45, 2.75) is 18.6 Å². The second-order valence-corrected chi connectivity index (χ2v) is 3.44. The molecule has 4 nitrogen and oxygen atoms in total. The number of carbonyl (C=O) groups excluding carboxylic acids is 1. The Morgan fingerprint density at radius 1 is 1.60 bits per heavy atom. The topological polar surface area (TPSA) is 58.4 Å². The molecule has 0 saturated carbocycles. The zero-order valence-electron chi connectivity index (χ0n) is 8.61. The number of hydrogen-bond donors (Lipinski definition) is 2. The monoisotopic (exact) mass is 261 g/mol. The molecule has 15 heavy (non-hydrogen) atoms. The van der Waals surface area contributed by atoms with E-state index in [1.54, 1.807) is 4.90 Å². The highest BCUT2D eigenvalue weighted by molar-refractivity contribution is 5.85. The Balaban J connectivity index is 0. The van der Waals surface area contributed by atoms with Gasteiger partial charge in [0.15, 0.2) is 0 Å². The van der Waals surface area contributed by atoms with Crippen molar-refractivity contribution < 1.29 is 9.18 Å². The van der Waals surface area contributed by atoms with Crippen LogP contribution in [0.15, 0.2) is 0 Å². The number of likely N-dealkylation sites (tertiary alicyclic amines) is 1. The minimum absolute atomic E-state index is 0. The molecule has 1 heterocycles. The van der Waals surface area contributed by atoms with Crippen molar-refractivity contribution in [2.75, 3.05) is 26.7 Å².